The first-order valence-corrected chi connectivity index (χ1v) is 6.62. The summed E-state index contributed by atoms with van der Waals surface area (Å²) < 4.78 is 14.8. The summed E-state index contributed by atoms with van der Waals surface area (Å²) in [7, 11) is 0. The Morgan fingerprint density at radius 1 is 1.29 bits per heavy atom. The van der Waals surface area contributed by atoms with Gasteiger partial charge < -0.3 is 0 Å². The largest absolute Gasteiger partial charge is 0.241 e. The van der Waals surface area contributed by atoms with Crippen molar-refractivity contribution in [3.05, 3.63) is 48.0 Å². The van der Waals surface area contributed by atoms with Crippen molar-refractivity contribution in [2.75, 3.05) is 6.26 Å². The van der Waals surface area contributed by atoms with Crippen molar-refractivity contribution in [2.45, 2.75) is 18.6 Å². The van der Waals surface area contributed by atoms with Crippen LogP contribution in [0, 0.1) is 5.82 Å². The fourth-order valence-electron chi connectivity index (χ4n) is 1.51. The van der Waals surface area contributed by atoms with Crippen LogP contribution in [0.5, 0.6) is 0 Å². The predicted molar refractivity (Wildman–Crippen MR) is 70.1 cm³/mol. The quantitative estimate of drug-likeness (QED) is 0.828. The van der Waals surface area contributed by atoms with Gasteiger partial charge in [0.05, 0.1) is 16.1 Å². The number of hydrogen-bond donors (Lipinski definition) is 0. The molecule has 0 radical (unpaired) electrons. The highest BCUT2D eigenvalue weighted by Crippen LogP contribution is 2.32. The van der Waals surface area contributed by atoms with Crippen LogP contribution in [0.3, 0.4) is 0 Å². The second-order valence-electron chi connectivity index (χ2n) is 4.34. The van der Waals surface area contributed by atoms with E-state index in [2.05, 4.69) is 25.2 Å². The molecular weight excluding hydrogens is 235 g/mol. The number of thioether (sulfide) groups is 1. The standard InChI is InChI=1S/C13H15FN2S/c1-13(2,17-3)12-7-8-16(15-12)11-6-4-5-10(14)9-11/h4-9H,1-3H3. The molecule has 0 spiro atoms. The topological polar surface area (TPSA) is 17.8 Å². The first-order chi connectivity index (χ1) is 8.03. The Hall–Kier alpha value is -1.29. The molecule has 2 rings (SSSR count). The molecule has 90 valence electrons. The maximum atomic E-state index is 13.1. The van der Waals surface area contributed by atoms with Crippen LogP contribution in [0.15, 0.2) is 36.5 Å². The van der Waals surface area contributed by atoms with E-state index in [0.29, 0.717) is 0 Å². The molecule has 2 nitrogen and oxygen atoms in total. The molecule has 0 fully saturated rings. The molecule has 4 heteroatoms. The minimum absolute atomic E-state index is 0.0292. The van der Waals surface area contributed by atoms with Crippen LogP contribution < -0.4 is 0 Å². The van der Waals surface area contributed by atoms with Crippen molar-refractivity contribution >= 4 is 11.8 Å². The average Bonchev–Trinajstić information content (AvgIpc) is 2.79. The van der Waals surface area contributed by atoms with E-state index in [-0.39, 0.29) is 10.6 Å². The zero-order chi connectivity index (χ0) is 12.5. The van der Waals surface area contributed by atoms with Gasteiger partial charge in [0.15, 0.2) is 0 Å². The minimum Gasteiger partial charge on any atom is -0.241 e. The van der Waals surface area contributed by atoms with Crippen LogP contribution in [0.4, 0.5) is 4.39 Å². The van der Waals surface area contributed by atoms with Crippen molar-refractivity contribution in [2.24, 2.45) is 0 Å². The van der Waals surface area contributed by atoms with Crippen molar-refractivity contribution in [1.82, 2.24) is 9.78 Å². The first-order valence-electron chi connectivity index (χ1n) is 5.40. The second-order valence-corrected chi connectivity index (χ2v) is 5.77. The Labute approximate surface area is 105 Å². The lowest BCUT2D eigenvalue weighted by molar-refractivity contribution is 0.624. The molecule has 0 aliphatic heterocycles. The molecule has 0 aliphatic rings. The van der Waals surface area contributed by atoms with E-state index in [4.69, 9.17) is 0 Å². The normalized spacial score (nSPS) is 11.8. The van der Waals surface area contributed by atoms with Crippen LogP contribution in [-0.2, 0) is 4.75 Å². The Morgan fingerprint density at radius 2 is 2.06 bits per heavy atom. The number of benzene rings is 1. The van der Waals surface area contributed by atoms with E-state index in [1.165, 1.54) is 12.1 Å². The van der Waals surface area contributed by atoms with Gasteiger partial charge in [-0.25, -0.2) is 9.07 Å². The number of nitrogens with zero attached hydrogens (tertiary/aromatic N) is 2. The SMILES string of the molecule is CSC(C)(C)c1ccn(-c2cccc(F)c2)n1. The highest BCUT2D eigenvalue weighted by Gasteiger charge is 2.21. The van der Waals surface area contributed by atoms with E-state index in [0.717, 1.165) is 11.4 Å². The molecule has 0 amide bonds. The molecule has 0 saturated carbocycles. The highest BCUT2D eigenvalue weighted by atomic mass is 32.2. The van der Waals surface area contributed by atoms with Gasteiger partial charge in [-0.15, -0.1) is 0 Å². The van der Waals surface area contributed by atoms with Gasteiger partial charge in [-0.1, -0.05) is 6.07 Å². The van der Waals surface area contributed by atoms with Gasteiger partial charge in [-0.2, -0.15) is 16.9 Å². The summed E-state index contributed by atoms with van der Waals surface area (Å²) in [5, 5.41) is 4.49. The molecule has 2 aromatic rings. The number of hydrogen-bond acceptors (Lipinski definition) is 2. The molecular formula is C13H15FN2S. The van der Waals surface area contributed by atoms with Crippen molar-refractivity contribution in [3.63, 3.8) is 0 Å². The van der Waals surface area contributed by atoms with Crippen molar-refractivity contribution in [3.8, 4) is 5.69 Å². The summed E-state index contributed by atoms with van der Waals surface area (Å²) in [6, 6.07) is 8.40. The lowest BCUT2D eigenvalue weighted by Crippen LogP contribution is -2.12. The lowest BCUT2D eigenvalue weighted by atomic mass is 10.1. The van der Waals surface area contributed by atoms with Crippen molar-refractivity contribution in [1.29, 1.82) is 0 Å². The van der Waals surface area contributed by atoms with Gasteiger partial charge in [0, 0.05) is 6.20 Å². The van der Waals surface area contributed by atoms with Crippen LogP contribution >= 0.6 is 11.8 Å². The summed E-state index contributed by atoms with van der Waals surface area (Å²) in [6.45, 7) is 4.24. The van der Waals surface area contributed by atoms with Crippen LogP contribution in [-0.4, -0.2) is 16.0 Å². The first kappa shape index (κ1) is 12.2. The Kier molecular flexibility index (Phi) is 3.24. The summed E-state index contributed by atoms with van der Waals surface area (Å²) in [4.78, 5) is 0. The van der Waals surface area contributed by atoms with Crippen LogP contribution in [0.2, 0.25) is 0 Å². The van der Waals surface area contributed by atoms with E-state index >= 15 is 0 Å². The maximum absolute atomic E-state index is 13.1. The fourth-order valence-corrected chi connectivity index (χ4v) is 1.83. The van der Waals surface area contributed by atoms with Gasteiger partial charge in [-0.3, -0.25) is 0 Å². The third kappa shape index (κ3) is 2.52. The van der Waals surface area contributed by atoms with Gasteiger partial charge in [0.1, 0.15) is 5.82 Å². The molecule has 0 N–H and O–H groups in total. The molecule has 1 aromatic carbocycles. The number of rotatable bonds is 3. The summed E-state index contributed by atoms with van der Waals surface area (Å²) >= 11 is 1.74. The maximum Gasteiger partial charge on any atom is 0.125 e. The zero-order valence-corrected chi connectivity index (χ0v) is 11.0. The van der Waals surface area contributed by atoms with Crippen molar-refractivity contribution < 1.29 is 4.39 Å². The number of aromatic nitrogens is 2. The number of halogens is 1. The molecule has 0 unspecified atom stereocenters. The minimum atomic E-state index is -0.247. The summed E-state index contributed by atoms with van der Waals surface area (Å²) in [5.74, 6) is -0.247. The fraction of sp³-hybridized carbons (Fsp3) is 0.308. The highest BCUT2D eigenvalue weighted by molar-refractivity contribution is 7.99. The van der Waals surface area contributed by atoms with Crippen LogP contribution in [0.1, 0.15) is 19.5 Å². The monoisotopic (exact) mass is 250 g/mol. The van der Waals surface area contributed by atoms with E-state index in [9.17, 15) is 4.39 Å². The van der Waals surface area contributed by atoms with Gasteiger partial charge in [0.25, 0.3) is 0 Å². The average molecular weight is 250 g/mol. The van der Waals surface area contributed by atoms with Gasteiger partial charge >= 0.3 is 0 Å². The third-order valence-electron chi connectivity index (χ3n) is 2.79. The summed E-state index contributed by atoms with van der Waals surface area (Å²) in [6.07, 6.45) is 3.92. The lowest BCUT2D eigenvalue weighted by Gasteiger charge is -2.18. The van der Waals surface area contributed by atoms with E-state index in [1.54, 1.807) is 22.5 Å². The second kappa shape index (κ2) is 4.53. The van der Waals surface area contributed by atoms with E-state index in [1.807, 2.05) is 18.3 Å². The molecule has 17 heavy (non-hydrogen) atoms. The van der Waals surface area contributed by atoms with E-state index < -0.39 is 0 Å². The van der Waals surface area contributed by atoms with Gasteiger partial charge in [0.2, 0.25) is 0 Å². The Balaban J connectivity index is 2.36. The Morgan fingerprint density at radius 3 is 2.71 bits per heavy atom. The van der Waals surface area contributed by atoms with Crippen LogP contribution in [0.25, 0.3) is 5.69 Å². The molecule has 0 saturated heterocycles. The smallest absolute Gasteiger partial charge is 0.125 e. The predicted octanol–water partition coefficient (Wildman–Crippen LogP) is 3.61. The Bertz CT molecular complexity index is 520. The molecule has 0 atom stereocenters. The molecule has 1 heterocycles. The zero-order valence-electron chi connectivity index (χ0n) is 10.1. The third-order valence-corrected chi connectivity index (χ3v) is 4.02. The molecule has 0 bridgehead atoms. The molecule has 1 aromatic heterocycles. The summed E-state index contributed by atoms with van der Waals surface area (Å²) in [5.41, 5.74) is 1.74. The molecule has 0 aliphatic carbocycles. The van der Waals surface area contributed by atoms with Gasteiger partial charge in [-0.05, 0) is 44.4 Å².